The second-order valence-electron chi connectivity index (χ2n) is 7.27. The van der Waals surface area contributed by atoms with E-state index in [9.17, 15) is 0 Å². The zero-order valence-electron chi connectivity index (χ0n) is 15.1. The molecule has 0 spiro atoms. The molecule has 1 aliphatic carbocycles. The van der Waals surface area contributed by atoms with Gasteiger partial charge in [0, 0.05) is 6.04 Å². The second kappa shape index (κ2) is 7.35. The summed E-state index contributed by atoms with van der Waals surface area (Å²) in [5, 5.41) is 0. The average Bonchev–Trinajstić information content (AvgIpc) is 2.98. The van der Waals surface area contributed by atoms with E-state index in [4.69, 9.17) is 10.5 Å². The normalized spacial score (nSPS) is 19.8. The summed E-state index contributed by atoms with van der Waals surface area (Å²) >= 11 is 0. The first kappa shape index (κ1) is 16.9. The van der Waals surface area contributed by atoms with E-state index in [0.717, 1.165) is 18.6 Å². The van der Waals surface area contributed by atoms with Crippen LogP contribution in [0.1, 0.15) is 41.2 Å². The van der Waals surface area contributed by atoms with Gasteiger partial charge in [-0.15, -0.1) is 0 Å². The summed E-state index contributed by atoms with van der Waals surface area (Å²) in [6.07, 6.45) is 1.87. The van der Waals surface area contributed by atoms with Gasteiger partial charge in [0.2, 0.25) is 0 Å². The van der Waals surface area contributed by atoms with Gasteiger partial charge in [-0.2, -0.15) is 0 Å². The zero-order chi connectivity index (χ0) is 17.9. The molecular formula is C24H25NO. The largest absolute Gasteiger partial charge is 0.484 e. The van der Waals surface area contributed by atoms with E-state index >= 15 is 0 Å². The van der Waals surface area contributed by atoms with Gasteiger partial charge in [-0.05, 0) is 53.1 Å². The quantitative estimate of drug-likeness (QED) is 0.705. The third-order valence-electron chi connectivity index (χ3n) is 5.30. The molecule has 132 valence electrons. The molecule has 0 saturated carbocycles. The monoisotopic (exact) mass is 343 g/mol. The number of ether oxygens (including phenoxy) is 1. The SMILES string of the molecule is CC(Cc1ccccc1)c1ccc(O[C@@H]2c3ccccc3C[C@@H]2N)cc1. The third-order valence-corrected chi connectivity index (χ3v) is 5.30. The first-order valence-corrected chi connectivity index (χ1v) is 9.34. The highest BCUT2D eigenvalue weighted by Gasteiger charge is 2.31. The number of rotatable bonds is 5. The molecular weight excluding hydrogens is 318 g/mol. The fourth-order valence-corrected chi connectivity index (χ4v) is 3.85. The molecule has 1 unspecified atom stereocenters. The van der Waals surface area contributed by atoms with Crippen LogP contribution in [-0.4, -0.2) is 6.04 Å². The van der Waals surface area contributed by atoms with E-state index in [1.165, 1.54) is 22.3 Å². The molecule has 0 aliphatic heterocycles. The zero-order valence-corrected chi connectivity index (χ0v) is 15.1. The van der Waals surface area contributed by atoms with E-state index in [-0.39, 0.29) is 12.1 Å². The van der Waals surface area contributed by atoms with E-state index in [1.54, 1.807) is 0 Å². The lowest BCUT2D eigenvalue weighted by atomic mass is 9.94. The Hall–Kier alpha value is -2.58. The Morgan fingerprint density at radius 3 is 2.38 bits per heavy atom. The minimum Gasteiger partial charge on any atom is -0.484 e. The van der Waals surface area contributed by atoms with Crippen molar-refractivity contribution in [2.45, 2.75) is 37.8 Å². The van der Waals surface area contributed by atoms with Crippen LogP contribution in [-0.2, 0) is 12.8 Å². The van der Waals surface area contributed by atoms with Crippen LogP contribution in [0.5, 0.6) is 5.75 Å². The van der Waals surface area contributed by atoms with Gasteiger partial charge in [0.25, 0.3) is 0 Å². The highest BCUT2D eigenvalue weighted by Crippen LogP contribution is 2.34. The van der Waals surface area contributed by atoms with E-state index in [0.29, 0.717) is 5.92 Å². The summed E-state index contributed by atoms with van der Waals surface area (Å²) in [5.74, 6) is 1.36. The molecule has 26 heavy (non-hydrogen) atoms. The molecule has 3 aromatic rings. The predicted octanol–water partition coefficient (Wildman–Crippen LogP) is 5.04. The summed E-state index contributed by atoms with van der Waals surface area (Å²) in [6.45, 7) is 2.27. The maximum atomic E-state index is 6.32. The second-order valence-corrected chi connectivity index (χ2v) is 7.27. The van der Waals surface area contributed by atoms with Gasteiger partial charge in [-0.25, -0.2) is 0 Å². The summed E-state index contributed by atoms with van der Waals surface area (Å²) < 4.78 is 6.24. The fourth-order valence-electron chi connectivity index (χ4n) is 3.85. The molecule has 2 nitrogen and oxygen atoms in total. The van der Waals surface area contributed by atoms with Crippen LogP contribution in [0.15, 0.2) is 78.9 Å². The minimum absolute atomic E-state index is 0.0177. The van der Waals surface area contributed by atoms with Gasteiger partial charge in [0.15, 0.2) is 0 Å². The van der Waals surface area contributed by atoms with Crippen molar-refractivity contribution in [2.75, 3.05) is 0 Å². The molecule has 2 heteroatoms. The number of hydrogen-bond acceptors (Lipinski definition) is 2. The summed E-state index contributed by atoms with van der Waals surface area (Å²) in [6, 6.07) is 27.5. The maximum absolute atomic E-state index is 6.32. The van der Waals surface area contributed by atoms with E-state index in [1.807, 2.05) is 0 Å². The van der Waals surface area contributed by atoms with Gasteiger partial charge in [-0.1, -0.05) is 73.7 Å². The highest BCUT2D eigenvalue weighted by molar-refractivity contribution is 5.38. The predicted molar refractivity (Wildman–Crippen MR) is 106 cm³/mol. The molecule has 2 N–H and O–H groups in total. The topological polar surface area (TPSA) is 35.2 Å². The molecule has 0 radical (unpaired) electrons. The van der Waals surface area contributed by atoms with Gasteiger partial charge < -0.3 is 10.5 Å². The molecule has 3 aromatic carbocycles. The Kier molecular flexibility index (Phi) is 4.77. The number of fused-ring (bicyclic) bond motifs is 1. The molecule has 0 fully saturated rings. The van der Waals surface area contributed by atoms with Crippen molar-refractivity contribution in [3.05, 3.63) is 101 Å². The minimum atomic E-state index is -0.0567. The van der Waals surface area contributed by atoms with Crippen molar-refractivity contribution in [2.24, 2.45) is 5.73 Å². The molecule has 0 bridgehead atoms. The molecule has 0 amide bonds. The van der Waals surface area contributed by atoms with Crippen LogP contribution in [0, 0.1) is 0 Å². The Labute approximate surface area is 155 Å². The first-order valence-electron chi connectivity index (χ1n) is 9.34. The molecule has 0 heterocycles. The Morgan fingerprint density at radius 2 is 1.62 bits per heavy atom. The van der Waals surface area contributed by atoms with Crippen LogP contribution < -0.4 is 10.5 Å². The number of benzene rings is 3. The summed E-state index contributed by atoms with van der Waals surface area (Å²) in [7, 11) is 0. The van der Waals surface area contributed by atoms with E-state index < -0.39 is 0 Å². The maximum Gasteiger partial charge on any atom is 0.139 e. The van der Waals surface area contributed by atoms with E-state index in [2.05, 4.69) is 85.8 Å². The van der Waals surface area contributed by atoms with Crippen molar-refractivity contribution in [1.82, 2.24) is 0 Å². The van der Waals surface area contributed by atoms with Crippen LogP contribution in [0.2, 0.25) is 0 Å². The standard InChI is InChI=1S/C24H25NO/c1-17(15-18-7-3-2-4-8-18)19-11-13-21(14-12-19)26-24-22-10-6-5-9-20(22)16-23(24)25/h2-14,17,23-24H,15-16,25H2,1H3/t17?,23-,24+/m0/s1. The van der Waals surface area contributed by atoms with Crippen molar-refractivity contribution in [3.63, 3.8) is 0 Å². The van der Waals surface area contributed by atoms with Gasteiger partial charge in [-0.3, -0.25) is 0 Å². The van der Waals surface area contributed by atoms with Crippen molar-refractivity contribution in [1.29, 1.82) is 0 Å². The molecule has 4 rings (SSSR count). The smallest absolute Gasteiger partial charge is 0.139 e. The summed E-state index contributed by atoms with van der Waals surface area (Å²) in [5.41, 5.74) is 11.5. The molecule has 0 aromatic heterocycles. The Balaban J connectivity index is 1.45. The van der Waals surface area contributed by atoms with Gasteiger partial charge in [0.05, 0.1) is 0 Å². The van der Waals surface area contributed by atoms with Crippen LogP contribution >= 0.6 is 0 Å². The van der Waals surface area contributed by atoms with Crippen molar-refractivity contribution >= 4 is 0 Å². The Morgan fingerprint density at radius 1 is 0.923 bits per heavy atom. The number of nitrogens with two attached hydrogens (primary N) is 1. The Bertz CT molecular complexity index is 857. The molecule has 0 saturated heterocycles. The fraction of sp³-hybridized carbons (Fsp3) is 0.250. The number of hydrogen-bond donors (Lipinski definition) is 1. The van der Waals surface area contributed by atoms with Crippen molar-refractivity contribution < 1.29 is 4.74 Å². The van der Waals surface area contributed by atoms with Crippen LogP contribution in [0.25, 0.3) is 0 Å². The summed E-state index contributed by atoms with van der Waals surface area (Å²) in [4.78, 5) is 0. The average molecular weight is 343 g/mol. The van der Waals surface area contributed by atoms with Crippen LogP contribution in [0.4, 0.5) is 0 Å². The third kappa shape index (κ3) is 3.51. The van der Waals surface area contributed by atoms with Gasteiger partial charge >= 0.3 is 0 Å². The lowest BCUT2D eigenvalue weighted by Crippen LogP contribution is -2.28. The van der Waals surface area contributed by atoms with Crippen LogP contribution in [0.3, 0.4) is 0 Å². The lowest BCUT2D eigenvalue weighted by Gasteiger charge is -2.20. The lowest BCUT2D eigenvalue weighted by molar-refractivity contribution is 0.186. The molecule has 3 atom stereocenters. The first-order chi connectivity index (χ1) is 12.7. The molecule has 1 aliphatic rings. The highest BCUT2D eigenvalue weighted by atomic mass is 16.5. The van der Waals surface area contributed by atoms with Gasteiger partial charge in [0.1, 0.15) is 11.9 Å². The van der Waals surface area contributed by atoms with Crippen molar-refractivity contribution in [3.8, 4) is 5.75 Å².